The second kappa shape index (κ2) is 7.72. The van der Waals surface area contributed by atoms with E-state index in [0.29, 0.717) is 23.8 Å². The van der Waals surface area contributed by atoms with Crippen LogP contribution in [0, 0.1) is 0 Å². The summed E-state index contributed by atoms with van der Waals surface area (Å²) >= 11 is 12.2. The van der Waals surface area contributed by atoms with E-state index < -0.39 is 0 Å². The van der Waals surface area contributed by atoms with Crippen LogP contribution >= 0.6 is 23.2 Å². The van der Waals surface area contributed by atoms with Gasteiger partial charge in [0.1, 0.15) is 5.02 Å². The molecule has 0 saturated heterocycles. The standard InChI is InChI=1S/C19H17Cl2N3O/c1-23(12-15-7-9-16(20)10-8-15)17-11-22-24(19(25)18(17)21)13-14-5-3-2-4-6-14/h2-11H,12-13H2,1H3. The Hall–Kier alpha value is -2.30. The summed E-state index contributed by atoms with van der Waals surface area (Å²) in [5, 5.41) is 5.13. The lowest BCUT2D eigenvalue weighted by atomic mass is 10.2. The van der Waals surface area contributed by atoms with Gasteiger partial charge in [0.15, 0.2) is 0 Å². The SMILES string of the molecule is CN(Cc1ccc(Cl)cc1)c1cnn(Cc2ccccc2)c(=O)c1Cl. The summed E-state index contributed by atoms with van der Waals surface area (Å²) in [6.07, 6.45) is 1.63. The van der Waals surface area contributed by atoms with E-state index in [1.807, 2.05) is 66.5 Å². The van der Waals surface area contributed by atoms with Crippen molar-refractivity contribution in [2.75, 3.05) is 11.9 Å². The van der Waals surface area contributed by atoms with E-state index in [9.17, 15) is 4.79 Å². The number of benzene rings is 2. The average Bonchev–Trinajstić information content (AvgIpc) is 2.62. The number of anilines is 1. The smallest absolute Gasteiger partial charge is 0.287 e. The Morgan fingerprint density at radius 1 is 1.00 bits per heavy atom. The molecule has 0 fully saturated rings. The highest BCUT2D eigenvalue weighted by Crippen LogP contribution is 2.22. The summed E-state index contributed by atoms with van der Waals surface area (Å²) in [4.78, 5) is 14.4. The van der Waals surface area contributed by atoms with Gasteiger partial charge in [-0.2, -0.15) is 5.10 Å². The average molecular weight is 374 g/mol. The van der Waals surface area contributed by atoms with Crippen LogP contribution in [0.25, 0.3) is 0 Å². The van der Waals surface area contributed by atoms with Crippen molar-refractivity contribution in [2.24, 2.45) is 0 Å². The molecule has 0 aliphatic rings. The van der Waals surface area contributed by atoms with Crippen LogP contribution in [-0.4, -0.2) is 16.8 Å². The fourth-order valence-electron chi connectivity index (χ4n) is 2.54. The molecule has 0 N–H and O–H groups in total. The number of hydrogen-bond donors (Lipinski definition) is 0. The van der Waals surface area contributed by atoms with E-state index in [1.165, 1.54) is 4.68 Å². The van der Waals surface area contributed by atoms with Crippen LogP contribution in [0.4, 0.5) is 5.69 Å². The molecule has 0 unspecified atom stereocenters. The van der Waals surface area contributed by atoms with Crippen LogP contribution in [0.1, 0.15) is 11.1 Å². The number of halogens is 2. The third kappa shape index (κ3) is 4.21. The maximum absolute atomic E-state index is 12.5. The topological polar surface area (TPSA) is 38.1 Å². The van der Waals surface area contributed by atoms with E-state index in [1.54, 1.807) is 6.20 Å². The Kier molecular flexibility index (Phi) is 5.41. The van der Waals surface area contributed by atoms with E-state index in [4.69, 9.17) is 23.2 Å². The van der Waals surface area contributed by atoms with Gasteiger partial charge in [0.05, 0.1) is 18.4 Å². The molecular formula is C19H17Cl2N3O. The third-order valence-corrected chi connectivity index (χ3v) is 4.49. The second-order valence-corrected chi connectivity index (χ2v) is 6.59. The van der Waals surface area contributed by atoms with Gasteiger partial charge >= 0.3 is 0 Å². The van der Waals surface area contributed by atoms with Crippen molar-refractivity contribution in [2.45, 2.75) is 13.1 Å². The molecule has 128 valence electrons. The monoisotopic (exact) mass is 373 g/mol. The molecule has 3 rings (SSSR count). The van der Waals surface area contributed by atoms with Gasteiger partial charge in [-0.3, -0.25) is 4.79 Å². The first-order valence-corrected chi connectivity index (χ1v) is 8.55. The van der Waals surface area contributed by atoms with Crippen LogP contribution < -0.4 is 10.5 Å². The quantitative estimate of drug-likeness (QED) is 0.671. The van der Waals surface area contributed by atoms with Crippen LogP contribution in [-0.2, 0) is 13.1 Å². The highest BCUT2D eigenvalue weighted by atomic mass is 35.5. The Morgan fingerprint density at radius 2 is 1.68 bits per heavy atom. The van der Waals surface area contributed by atoms with E-state index in [0.717, 1.165) is 11.1 Å². The molecule has 25 heavy (non-hydrogen) atoms. The summed E-state index contributed by atoms with van der Waals surface area (Å²) in [5.41, 5.74) is 2.36. The fraction of sp³-hybridized carbons (Fsp3) is 0.158. The highest BCUT2D eigenvalue weighted by Gasteiger charge is 2.13. The Morgan fingerprint density at radius 3 is 2.36 bits per heavy atom. The molecule has 3 aromatic rings. The Balaban J connectivity index is 1.82. The van der Waals surface area contributed by atoms with Crippen molar-refractivity contribution in [1.29, 1.82) is 0 Å². The summed E-state index contributed by atoms with van der Waals surface area (Å²) in [6, 6.07) is 17.2. The predicted molar refractivity (Wildman–Crippen MR) is 103 cm³/mol. The predicted octanol–water partition coefficient (Wildman–Crippen LogP) is 4.23. The number of aromatic nitrogens is 2. The van der Waals surface area contributed by atoms with Gasteiger partial charge in [0.2, 0.25) is 0 Å². The second-order valence-electron chi connectivity index (χ2n) is 5.77. The molecule has 4 nitrogen and oxygen atoms in total. The van der Waals surface area contributed by atoms with Crippen molar-refractivity contribution in [3.63, 3.8) is 0 Å². The minimum Gasteiger partial charge on any atom is -0.368 e. The normalized spacial score (nSPS) is 10.7. The van der Waals surface area contributed by atoms with Gasteiger partial charge in [-0.15, -0.1) is 0 Å². The lowest BCUT2D eigenvalue weighted by Crippen LogP contribution is -2.27. The van der Waals surface area contributed by atoms with Crippen molar-refractivity contribution in [3.8, 4) is 0 Å². The minimum absolute atomic E-state index is 0.169. The molecule has 0 spiro atoms. The number of nitrogens with zero attached hydrogens (tertiary/aromatic N) is 3. The first-order valence-electron chi connectivity index (χ1n) is 7.80. The highest BCUT2D eigenvalue weighted by molar-refractivity contribution is 6.33. The fourth-order valence-corrected chi connectivity index (χ4v) is 2.96. The van der Waals surface area contributed by atoms with Crippen molar-refractivity contribution < 1.29 is 0 Å². The molecule has 0 saturated carbocycles. The molecule has 6 heteroatoms. The van der Waals surface area contributed by atoms with Crippen molar-refractivity contribution in [3.05, 3.63) is 92.3 Å². The zero-order valence-corrected chi connectivity index (χ0v) is 15.2. The van der Waals surface area contributed by atoms with Crippen molar-refractivity contribution >= 4 is 28.9 Å². The number of rotatable bonds is 5. The van der Waals surface area contributed by atoms with Gasteiger partial charge in [0.25, 0.3) is 5.56 Å². The zero-order valence-electron chi connectivity index (χ0n) is 13.7. The van der Waals surface area contributed by atoms with Gasteiger partial charge in [0, 0.05) is 18.6 Å². The summed E-state index contributed by atoms with van der Waals surface area (Å²) in [6.45, 7) is 0.987. The first-order chi connectivity index (χ1) is 12.0. The van der Waals surface area contributed by atoms with E-state index in [2.05, 4.69) is 5.10 Å². The molecule has 0 radical (unpaired) electrons. The maximum atomic E-state index is 12.5. The molecule has 0 bridgehead atoms. The molecule has 1 heterocycles. The molecule has 0 atom stereocenters. The molecule has 1 aromatic heterocycles. The lowest BCUT2D eigenvalue weighted by Gasteiger charge is -2.20. The van der Waals surface area contributed by atoms with Gasteiger partial charge < -0.3 is 4.90 Å². The maximum Gasteiger partial charge on any atom is 0.287 e. The lowest BCUT2D eigenvalue weighted by molar-refractivity contribution is 0.637. The first kappa shape index (κ1) is 17.5. The largest absolute Gasteiger partial charge is 0.368 e. The van der Waals surface area contributed by atoms with Crippen LogP contribution in [0.15, 0.2) is 65.6 Å². The van der Waals surface area contributed by atoms with Crippen molar-refractivity contribution in [1.82, 2.24) is 9.78 Å². The van der Waals surface area contributed by atoms with Crippen LogP contribution in [0.5, 0.6) is 0 Å². The summed E-state index contributed by atoms with van der Waals surface area (Å²) < 4.78 is 1.37. The summed E-state index contributed by atoms with van der Waals surface area (Å²) in [5.74, 6) is 0. The Labute approximate surface area is 156 Å². The van der Waals surface area contributed by atoms with E-state index >= 15 is 0 Å². The van der Waals surface area contributed by atoms with E-state index in [-0.39, 0.29) is 10.6 Å². The zero-order chi connectivity index (χ0) is 17.8. The van der Waals surface area contributed by atoms with Crippen LogP contribution in [0.2, 0.25) is 10.0 Å². The minimum atomic E-state index is -0.300. The number of hydrogen-bond acceptors (Lipinski definition) is 3. The van der Waals surface area contributed by atoms with Gasteiger partial charge in [-0.05, 0) is 23.3 Å². The summed E-state index contributed by atoms with van der Waals surface area (Å²) in [7, 11) is 1.87. The molecule has 2 aromatic carbocycles. The molecule has 0 amide bonds. The Bertz CT molecular complexity index is 908. The van der Waals surface area contributed by atoms with Gasteiger partial charge in [-0.25, -0.2) is 4.68 Å². The molecular weight excluding hydrogens is 357 g/mol. The molecule has 0 aliphatic carbocycles. The molecule has 0 aliphatic heterocycles. The van der Waals surface area contributed by atoms with Crippen LogP contribution in [0.3, 0.4) is 0 Å². The van der Waals surface area contributed by atoms with Gasteiger partial charge in [-0.1, -0.05) is 65.7 Å². The third-order valence-electron chi connectivity index (χ3n) is 3.89.